The van der Waals surface area contributed by atoms with Gasteiger partial charge >= 0.3 is 0 Å². The van der Waals surface area contributed by atoms with Crippen molar-refractivity contribution < 1.29 is 9.15 Å². The topological polar surface area (TPSA) is 52.2 Å². The van der Waals surface area contributed by atoms with Gasteiger partial charge in [-0.3, -0.25) is 4.68 Å². The molecule has 0 aliphatic rings. The molecule has 0 aliphatic heterocycles. The van der Waals surface area contributed by atoms with Gasteiger partial charge in [0.2, 0.25) is 0 Å². The smallest absolute Gasteiger partial charge is 0.157 e. The van der Waals surface area contributed by atoms with E-state index in [4.69, 9.17) is 9.15 Å². The summed E-state index contributed by atoms with van der Waals surface area (Å²) in [6.07, 6.45) is 6.48. The van der Waals surface area contributed by atoms with E-state index in [0.29, 0.717) is 6.61 Å². The Balaban J connectivity index is 1.81. The quantitative estimate of drug-likeness (QED) is 0.850. The molecular formula is C16H25N3O2. The fourth-order valence-corrected chi connectivity index (χ4v) is 1.89. The van der Waals surface area contributed by atoms with E-state index in [-0.39, 0.29) is 5.54 Å². The molecule has 0 bridgehead atoms. The van der Waals surface area contributed by atoms with Crippen LogP contribution in [0.1, 0.15) is 45.4 Å². The molecule has 5 nitrogen and oxygen atoms in total. The summed E-state index contributed by atoms with van der Waals surface area (Å²) < 4.78 is 13.1. The van der Waals surface area contributed by atoms with Gasteiger partial charge in [0.25, 0.3) is 0 Å². The first kappa shape index (κ1) is 15.6. The Bertz CT molecular complexity index is 552. The van der Waals surface area contributed by atoms with Gasteiger partial charge < -0.3 is 14.5 Å². The molecule has 2 rings (SSSR count). The first-order chi connectivity index (χ1) is 9.96. The summed E-state index contributed by atoms with van der Waals surface area (Å²) in [7, 11) is 0. The van der Waals surface area contributed by atoms with Crippen LogP contribution in [0, 0.1) is 0 Å². The number of hydrogen-bond acceptors (Lipinski definition) is 4. The van der Waals surface area contributed by atoms with Crippen LogP contribution >= 0.6 is 0 Å². The summed E-state index contributed by atoms with van der Waals surface area (Å²) in [5.41, 5.74) is 1.23. The van der Waals surface area contributed by atoms with E-state index in [1.54, 1.807) is 12.5 Å². The predicted octanol–water partition coefficient (Wildman–Crippen LogP) is 3.35. The van der Waals surface area contributed by atoms with Gasteiger partial charge in [-0.15, -0.1) is 0 Å². The summed E-state index contributed by atoms with van der Waals surface area (Å²) in [5, 5.41) is 7.66. The van der Waals surface area contributed by atoms with Crippen LogP contribution in [0.25, 0.3) is 0 Å². The lowest BCUT2D eigenvalue weighted by Crippen LogP contribution is -2.34. The van der Waals surface area contributed by atoms with Crippen LogP contribution in [-0.2, 0) is 19.7 Å². The number of aryl methyl sites for hydroxylation is 1. The van der Waals surface area contributed by atoms with Crippen molar-refractivity contribution in [3.8, 4) is 5.75 Å². The SMILES string of the molecule is CCCn1cc(OCc2cc(CNC(C)(C)C)co2)cn1. The lowest BCUT2D eigenvalue weighted by molar-refractivity contribution is 0.270. The molecule has 1 N–H and O–H groups in total. The van der Waals surface area contributed by atoms with Crippen molar-refractivity contribution in [3.05, 3.63) is 36.0 Å². The summed E-state index contributed by atoms with van der Waals surface area (Å²) in [6, 6.07) is 2.02. The molecule has 0 radical (unpaired) electrons. The van der Waals surface area contributed by atoms with Gasteiger partial charge in [0.05, 0.1) is 18.7 Å². The van der Waals surface area contributed by atoms with Gasteiger partial charge in [0, 0.05) is 24.2 Å². The number of aromatic nitrogens is 2. The van der Waals surface area contributed by atoms with Crippen LogP contribution in [0.3, 0.4) is 0 Å². The maximum absolute atomic E-state index is 5.68. The van der Waals surface area contributed by atoms with E-state index in [9.17, 15) is 0 Å². The Hall–Kier alpha value is -1.75. The summed E-state index contributed by atoms with van der Waals surface area (Å²) in [4.78, 5) is 0. The maximum atomic E-state index is 5.68. The highest BCUT2D eigenvalue weighted by Gasteiger charge is 2.10. The Morgan fingerprint density at radius 1 is 1.38 bits per heavy atom. The zero-order chi connectivity index (χ0) is 15.3. The Morgan fingerprint density at radius 3 is 2.90 bits per heavy atom. The summed E-state index contributed by atoms with van der Waals surface area (Å²) >= 11 is 0. The van der Waals surface area contributed by atoms with Crippen molar-refractivity contribution in [3.63, 3.8) is 0 Å². The van der Waals surface area contributed by atoms with Crippen molar-refractivity contribution >= 4 is 0 Å². The van der Waals surface area contributed by atoms with E-state index in [1.807, 2.05) is 16.9 Å². The lowest BCUT2D eigenvalue weighted by Gasteiger charge is -2.19. The second kappa shape index (κ2) is 6.80. The molecule has 2 heterocycles. The van der Waals surface area contributed by atoms with Crippen molar-refractivity contribution in [1.29, 1.82) is 0 Å². The number of nitrogens with one attached hydrogen (secondary N) is 1. The minimum atomic E-state index is 0.0990. The second-order valence-electron chi connectivity index (χ2n) is 6.25. The molecule has 0 aromatic carbocycles. The normalized spacial score (nSPS) is 11.8. The molecule has 0 fully saturated rings. The minimum absolute atomic E-state index is 0.0990. The molecule has 0 amide bonds. The van der Waals surface area contributed by atoms with Gasteiger partial charge in [-0.2, -0.15) is 5.10 Å². The third-order valence-corrected chi connectivity index (χ3v) is 2.97. The molecular weight excluding hydrogens is 266 g/mol. The van der Waals surface area contributed by atoms with Crippen molar-refractivity contribution in [1.82, 2.24) is 15.1 Å². The molecule has 2 aromatic heterocycles. The third-order valence-electron chi connectivity index (χ3n) is 2.97. The first-order valence-corrected chi connectivity index (χ1v) is 7.43. The van der Waals surface area contributed by atoms with Gasteiger partial charge in [-0.25, -0.2) is 0 Å². The average molecular weight is 291 g/mol. The number of furan rings is 1. The standard InChI is InChI=1S/C16H25N3O2/c1-5-6-19-10-15(9-18-19)21-12-14-7-13(11-20-14)8-17-16(2,3)4/h7,9-11,17H,5-6,8,12H2,1-4H3. The second-order valence-corrected chi connectivity index (χ2v) is 6.25. The number of rotatable bonds is 7. The van der Waals surface area contributed by atoms with Gasteiger partial charge in [0.15, 0.2) is 5.75 Å². The van der Waals surface area contributed by atoms with E-state index >= 15 is 0 Å². The zero-order valence-corrected chi connectivity index (χ0v) is 13.3. The molecule has 0 spiro atoms. The predicted molar refractivity (Wildman–Crippen MR) is 82.2 cm³/mol. The number of hydrogen-bond donors (Lipinski definition) is 1. The van der Waals surface area contributed by atoms with Gasteiger partial charge in [0.1, 0.15) is 12.4 Å². The van der Waals surface area contributed by atoms with Crippen molar-refractivity contribution in [2.45, 2.75) is 59.4 Å². The Kier molecular flexibility index (Phi) is 5.07. The third kappa shape index (κ3) is 5.27. The fourth-order valence-electron chi connectivity index (χ4n) is 1.89. The van der Waals surface area contributed by atoms with Gasteiger partial charge in [-0.1, -0.05) is 6.92 Å². The maximum Gasteiger partial charge on any atom is 0.157 e. The van der Waals surface area contributed by atoms with Crippen LogP contribution < -0.4 is 10.1 Å². The van der Waals surface area contributed by atoms with Crippen LogP contribution in [0.2, 0.25) is 0 Å². The molecule has 0 unspecified atom stereocenters. The number of ether oxygens (including phenoxy) is 1. The fraction of sp³-hybridized carbons (Fsp3) is 0.562. The zero-order valence-electron chi connectivity index (χ0n) is 13.3. The largest absolute Gasteiger partial charge is 0.482 e. The highest BCUT2D eigenvalue weighted by molar-refractivity contribution is 5.15. The number of nitrogens with zero attached hydrogens (tertiary/aromatic N) is 2. The highest BCUT2D eigenvalue weighted by Crippen LogP contribution is 2.14. The lowest BCUT2D eigenvalue weighted by atomic mass is 10.1. The van der Waals surface area contributed by atoms with Crippen LogP contribution in [0.5, 0.6) is 5.75 Å². The van der Waals surface area contributed by atoms with Crippen molar-refractivity contribution in [2.75, 3.05) is 0 Å². The van der Waals surface area contributed by atoms with Crippen LogP contribution in [0.15, 0.2) is 29.1 Å². The summed E-state index contributed by atoms with van der Waals surface area (Å²) in [6.45, 7) is 10.7. The molecule has 0 saturated heterocycles. The van der Waals surface area contributed by atoms with E-state index in [2.05, 4.69) is 38.1 Å². The van der Waals surface area contributed by atoms with E-state index < -0.39 is 0 Å². The van der Waals surface area contributed by atoms with Crippen LogP contribution in [0.4, 0.5) is 0 Å². The molecule has 0 atom stereocenters. The van der Waals surface area contributed by atoms with Crippen molar-refractivity contribution in [2.24, 2.45) is 0 Å². The molecule has 0 aliphatic carbocycles. The van der Waals surface area contributed by atoms with E-state index in [1.165, 1.54) is 0 Å². The monoisotopic (exact) mass is 291 g/mol. The molecule has 2 aromatic rings. The Labute approximate surface area is 126 Å². The molecule has 5 heteroatoms. The minimum Gasteiger partial charge on any atom is -0.482 e. The van der Waals surface area contributed by atoms with E-state index in [0.717, 1.165) is 36.6 Å². The average Bonchev–Trinajstić information content (AvgIpc) is 3.02. The molecule has 21 heavy (non-hydrogen) atoms. The Morgan fingerprint density at radius 2 is 2.19 bits per heavy atom. The first-order valence-electron chi connectivity index (χ1n) is 7.43. The van der Waals surface area contributed by atoms with Gasteiger partial charge in [-0.05, 0) is 33.3 Å². The highest BCUT2D eigenvalue weighted by atomic mass is 16.5. The molecule has 0 saturated carbocycles. The molecule has 116 valence electrons. The van der Waals surface area contributed by atoms with Crippen LogP contribution in [-0.4, -0.2) is 15.3 Å². The summed E-state index contributed by atoms with van der Waals surface area (Å²) in [5.74, 6) is 1.60.